The van der Waals surface area contributed by atoms with Crippen molar-refractivity contribution in [3.8, 4) is 6.07 Å². The Bertz CT molecular complexity index is 879. The molecular formula is C20H25N7O2. The van der Waals surface area contributed by atoms with Gasteiger partial charge in [0.1, 0.15) is 23.3 Å². The molecule has 0 bridgehead atoms. The lowest BCUT2D eigenvalue weighted by atomic mass is 10.0. The number of carbonyl (C=O) groups is 1. The number of hydrogen-bond acceptors (Lipinski definition) is 9. The van der Waals surface area contributed by atoms with Gasteiger partial charge in [0.05, 0.1) is 25.2 Å². The minimum Gasteiger partial charge on any atom is -0.465 e. The Balaban J connectivity index is 1.83. The summed E-state index contributed by atoms with van der Waals surface area (Å²) < 4.78 is 4.91. The predicted octanol–water partition coefficient (Wildman–Crippen LogP) is 2.61. The highest BCUT2D eigenvalue weighted by Gasteiger charge is 2.22. The van der Waals surface area contributed by atoms with Gasteiger partial charge in [-0.1, -0.05) is 12.8 Å². The number of hydrogen-bond donors (Lipinski definition) is 3. The normalized spacial score (nSPS) is 18.9. The van der Waals surface area contributed by atoms with E-state index in [1.807, 2.05) is 13.1 Å². The highest BCUT2D eigenvalue weighted by Crippen LogP contribution is 2.26. The van der Waals surface area contributed by atoms with Gasteiger partial charge >= 0.3 is 5.97 Å². The van der Waals surface area contributed by atoms with Crippen LogP contribution in [0.2, 0.25) is 0 Å². The average molecular weight is 395 g/mol. The lowest BCUT2D eigenvalue weighted by molar-refractivity contribution is 0.0601. The Hall–Kier alpha value is -3.25. The van der Waals surface area contributed by atoms with Gasteiger partial charge in [0.15, 0.2) is 5.69 Å². The maximum Gasteiger partial charge on any atom is 0.341 e. The first-order valence-electron chi connectivity index (χ1n) is 9.64. The van der Waals surface area contributed by atoms with Crippen molar-refractivity contribution in [2.24, 2.45) is 0 Å². The van der Waals surface area contributed by atoms with Crippen LogP contribution in [-0.2, 0) is 4.74 Å². The molecule has 2 heterocycles. The molecule has 1 saturated carbocycles. The van der Waals surface area contributed by atoms with E-state index in [9.17, 15) is 4.79 Å². The molecule has 1 aliphatic rings. The summed E-state index contributed by atoms with van der Waals surface area (Å²) in [6.45, 7) is 0. The minimum atomic E-state index is -0.441. The fourth-order valence-electron chi connectivity index (χ4n) is 3.47. The van der Waals surface area contributed by atoms with Gasteiger partial charge in [-0.15, -0.1) is 0 Å². The number of esters is 1. The number of aromatic nitrogens is 3. The number of pyridine rings is 1. The van der Waals surface area contributed by atoms with Crippen LogP contribution in [0.4, 0.5) is 17.3 Å². The van der Waals surface area contributed by atoms with Crippen LogP contribution in [0.15, 0.2) is 24.7 Å². The molecule has 3 N–H and O–H groups in total. The summed E-state index contributed by atoms with van der Waals surface area (Å²) in [5, 5.41) is 18.8. The lowest BCUT2D eigenvalue weighted by Crippen LogP contribution is -2.31. The zero-order valence-corrected chi connectivity index (χ0v) is 16.6. The Kier molecular flexibility index (Phi) is 6.92. The van der Waals surface area contributed by atoms with Crippen molar-refractivity contribution in [1.82, 2.24) is 20.3 Å². The second-order valence-electron chi connectivity index (χ2n) is 6.98. The van der Waals surface area contributed by atoms with E-state index in [4.69, 9.17) is 10.00 Å². The third kappa shape index (κ3) is 5.39. The van der Waals surface area contributed by atoms with Crippen LogP contribution in [0.25, 0.3) is 0 Å². The molecule has 9 heteroatoms. The molecule has 0 aromatic carbocycles. The van der Waals surface area contributed by atoms with Gasteiger partial charge in [0.25, 0.3) is 0 Å². The summed E-state index contributed by atoms with van der Waals surface area (Å²) in [5.74, 6) is 0.527. The number of nitrogens with one attached hydrogen (secondary N) is 3. The van der Waals surface area contributed by atoms with Crippen molar-refractivity contribution >= 4 is 23.3 Å². The molecule has 0 saturated heterocycles. The van der Waals surface area contributed by atoms with E-state index in [1.165, 1.54) is 32.1 Å². The first-order chi connectivity index (χ1) is 14.1. The second-order valence-corrected chi connectivity index (χ2v) is 6.98. The minimum absolute atomic E-state index is 0.236. The predicted molar refractivity (Wildman–Crippen MR) is 109 cm³/mol. The summed E-state index contributed by atoms with van der Waals surface area (Å²) in [5.41, 5.74) is 1.28. The molecule has 152 valence electrons. The molecule has 0 spiro atoms. The van der Waals surface area contributed by atoms with Crippen molar-refractivity contribution in [3.63, 3.8) is 0 Å². The highest BCUT2D eigenvalue weighted by atomic mass is 16.5. The van der Waals surface area contributed by atoms with E-state index in [-0.39, 0.29) is 11.7 Å². The maximum absolute atomic E-state index is 12.2. The van der Waals surface area contributed by atoms with Crippen molar-refractivity contribution in [3.05, 3.63) is 35.9 Å². The molecule has 2 aromatic rings. The number of ether oxygens (including phenoxy) is 1. The molecular weight excluding hydrogens is 370 g/mol. The number of carbonyl (C=O) groups excluding carboxylic acids is 1. The van der Waals surface area contributed by atoms with Gasteiger partial charge in [0, 0.05) is 24.3 Å². The van der Waals surface area contributed by atoms with Crippen molar-refractivity contribution in [2.45, 2.75) is 44.2 Å². The first-order valence-corrected chi connectivity index (χ1v) is 9.64. The third-order valence-electron chi connectivity index (χ3n) is 5.02. The molecule has 2 atom stereocenters. The van der Waals surface area contributed by atoms with E-state index in [0.29, 0.717) is 28.9 Å². The molecule has 0 aliphatic heterocycles. The van der Waals surface area contributed by atoms with Crippen LogP contribution in [-0.4, -0.2) is 47.2 Å². The Labute approximate surface area is 169 Å². The highest BCUT2D eigenvalue weighted by molar-refractivity contribution is 5.95. The summed E-state index contributed by atoms with van der Waals surface area (Å²) in [7, 11) is 3.34. The van der Waals surface area contributed by atoms with Crippen LogP contribution in [0.1, 0.15) is 48.2 Å². The zero-order chi connectivity index (χ0) is 20.6. The molecule has 29 heavy (non-hydrogen) atoms. The van der Waals surface area contributed by atoms with Gasteiger partial charge in [-0.3, -0.25) is 0 Å². The first kappa shape index (κ1) is 20.5. The Morgan fingerprint density at radius 3 is 2.55 bits per heavy atom. The molecule has 0 unspecified atom stereocenters. The molecule has 2 aromatic heterocycles. The lowest BCUT2D eigenvalue weighted by Gasteiger charge is -2.23. The van der Waals surface area contributed by atoms with E-state index < -0.39 is 5.97 Å². The zero-order valence-electron chi connectivity index (χ0n) is 16.6. The van der Waals surface area contributed by atoms with Crippen molar-refractivity contribution in [2.75, 3.05) is 24.8 Å². The number of rotatable bonds is 6. The summed E-state index contributed by atoms with van der Waals surface area (Å²) in [4.78, 5) is 24.6. The van der Waals surface area contributed by atoms with E-state index in [0.717, 1.165) is 25.7 Å². The van der Waals surface area contributed by atoms with Crippen LogP contribution in [0.3, 0.4) is 0 Å². The molecule has 0 amide bonds. The topological polar surface area (TPSA) is 125 Å². The SMILES string of the molecule is CN[C@H]1CCCC[C@@H](Nc2cc(Nc3cnc(C#N)cn3)ncc2C(=O)OC)C1. The maximum atomic E-state index is 12.2. The Morgan fingerprint density at radius 1 is 1.14 bits per heavy atom. The fourth-order valence-corrected chi connectivity index (χ4v) is 3.47. The number of nitrogens with zero attached hydrogens (tertiary/aromatic N) is 4. The summed E-state index contributed by atoms with van der Waals surface area (Å²) in [6.07, 6.45) is 9.82. The fraction of sp³-hybridized carbons (Fsp3) is 0.450. The molecule has 3 rings (SSSR count). The smallest absolute Gasteiger partial charge is 0.341 e. The number of nitriles is 1. The van der Waals surface area contributed by atoms with Gasteiger partial charge in [0.2, 0.25) is 0 Å². The molecule has 1 fully saturated rings. The average Bonchev–Trinajstić information content (AvgIpc) is 2.99. The molecule has 1 aliphatic carbocycles. The van der Waals surface area contributed by atoms with Crippen molar-refractivity contribution in [1.29, 1.82) is 5.26 Å². The third-order valence-corrected chi connectivity index (χ3v) is 5.02. The second kappa shape index (κ2) is 9.80. The standard InChI is InChI=1S/C20H25N7O2/c1-22-13-5-3-4-6-14(7-13)26-17-8-18(25-11-16(17)20(28)29-2)27-19-12-23-15(9-21)10-24-19/h8,10-14,22H,3-7H2,1-2H3,(H2,24,25,26,27)/t13-,14+/m0/s1. The Morgan fingerprint density at radius 2 is 1.90 bits per heavy atom. The van der Waals surface area contributed by atoms with Crippen LogP contribution < -0.4 is 16.0 Å². The number of methoxy groups -OCH3 is 1. The van der Waals surface area contributed by atoms with Gasteiger partial charge in [-0.2, -0.15) is 5.26 Å². The quantitative estimate of drug-likeness (QED) is 0.500. The van der Waals surface area contributed by atoms with E-state index in [1.54, 1.807) is 6.07 Å². The van der Waals surface area contributed by atoms with E-state index in [2.05, 4.69) is 30.9 Å². The number of anilines is 3. The van der Waals surface area contributed by atoms with Crippen LogP contribution >= 0.6 is 0 Å². The molecule has 0 radical (unpaired) electrons. The largest absolute Gasteiger partial charge is 0.465 e. The van der Waals surface area contributed by atoms with Gasteiger partial charge < -0.3 is 20.7 Å². The van der Waals surface area contributed by atoms with E-state index >= 15 is 0 Å². The van der Waals surface area contributed by atoms with Gasteiger partial charge in [-0.05, 0) is 26.3 Å². The van der Waals surface area contributed by atoms with Gasteiger partial charge in [-0.25, -0.2) is 19.7 Å². The monoisotopic (exact) mass is 395 g/mol. The summed E-state index contributed by atoms with van der Waals surface area (Å²) in [6, 6.07) is 4.39. The summed E-state index contributed by atoms with van der Waals surface area (Å²) >= 11 is 0. The van der Waals surface area contributed by atoms with Crippen LogP contribution in [0, 0.1) is 11.3 Å². The molecule has 9 nitrogen and oxygen atoms in total. The van der Waals surface area contributed by atoms with Crippen molar-refractivity contribution < 1.29 is 9.53 Å². The van der Waals surface area contributed by atoms with Crippen LogP contribution in [0.5, 0.6) is 0 Å².